The van der Waals surface area contributed by atoms with Crippen molar-refractivity contribution in [2.24, 2.45) is 0 Å². The predicted octanol–water partition coefficient (Wildman–Crippen LogP) is 3.27. The molecule has 150 valence electrons. The maximum Gasteiger partial charge on any atom is 0.243 e. The van der Waals surface area contributed by atoms with E-state index in [9.17, 15) is 13.2 Å². The molecule has 8 heteroatoms. The Kier molecular flexibility index (Phi) is 6.64. The van der Waals surface area contributed by atoms with Gasteiger partial charge in [0.15, 0.2) is 0 Å². The molecule has 2 aromatic rings. The quantitative estimate of drug-likeness (QED) is 0.746. The molecule has 1 aliphatic heterocycles. The molecule has 0 unspecified atom stereocenters. The van der Waals surface area contributed by atoms with Gasteiger partial charge in [-0.2, -0.15) is 4.31 Å². The van der Waals surface area contributed by atoms with E-state index in [0.717, 1.165) is 18.0 Å². The number of para-hydroxylation sites is 1. The van der Waals surface area contributed by atoms with Crippen molar-refractivity contribution in [2.45, 2.75) is 23.6 Å². The molecule has 0 spiro atoms. The lowest BCUT2D eigenvalue weighted by molar-refractivity contribution is -0.115. The topological polar surface area (TPSA) is 69.7 Å². The van der Waals surface area contributed by atoms with Crippen molar-refractivity contribution in [2.75, 3.05) is 42.1 Å². The van der Waals surface area contributed by atoms with Crippen molar-refractivity contribution < 1.29 is 13.2 Å². The van der Waals surface area contributed by atoms with E-state index in [4.69, 9.17) is 0 Å². The normalized spacial score (nSPS) is 14.0. The highest BCUT2D eigenvalue weighted by molar-refractivity contribution is 7.99. The Morgan fingerprint density at radius 1 is 1.14 bits per heavy atom. The first-order valence-electron chi connectivity index (χ1n) is 9.32. The number of thioether (sulfide) groups is 1. The second-order valence-corrected chi connectivity index (χ2v) is 9.48. The Bertz CT molecular complexity index is 943. The van der Waals surface area contributed by atoms with Crippen LogP contribution in [0.1, 0.15) is 13.8 Å². The highest BCUT2D eigenvalue weighted by atomic mass is 32.2. The molecule has 0 bridgehead atoms. The number of carbonyl (C=O) groups excluding carboxylic acids is 1. The standard InChI is InChI=1S/C20H25N3O3S2/c1-3-23(4-2)28(25,26)17-9-7-8-16(14-17)21-20(24)15-22-12-13-27-19-11-6-5-10-18(19)22/h5-11,14H,3-4,12-13,15H2,1-2H3,(H,21,24). The van der Waals surface area contributed by atoms with Crippen LogP contribution < -0.4 is 10.2 Å². The van der Waals surface area contributed by atoms with Crippen LogP contribution in [-0.4, -0.2) is 50.6 Å². The van der Waals surface area contributed by atoms with Crippen LogP contribution in [0.4, 0.5) is 11.4 Å². The molecule has 1 amide bonds. The SMILES string of the molecule is CCN(CC)S(=O)(=O)c1cccc(NC(=O)CN2CCSc3ccccc32)c1. The second kappa shape index (κ2) is 8.98. The first-order valence-corrected chi connectivity index (χ1v) is 11.7. The number of benzene rings is 2. The molecule has 1 heterocycles. The lowest BCUT2D eigenvalue weighted by Gasteiger charge is -2.30. The van der Waals surface area contributed by atoms with E-state index in [-0.39, 0.29) is 17.3 Å². The van der Waals surface area contributed by atoms with E-state index in [1.54, 1.807) is 43.8 Å². The molecule has 0 atom stereocenters. The van der Waals surface area contributed by atoms with Gasteiger partial charge in [-0.05, 0) is 30.3 Å². The number of fused-ring (bicyclic) bond motifs is 1. The largest absolute Gasteiger partial charge is 0.360 e. The number of nitrogens with zero attached hydrogens (tertiary/aromatic N) is 2. The molecule has 28 heavy (non-hydrogen) atoms. The van der Waals surface area contributed by atoms with Gasteiger partial charge in [0.25, 0.3) is 0 Å². The van der Waals surface area contributed by atoms with Crippen LogP contribution in [0.5, 0.6) is 0 Å². The third kappa shape index (κ3) is 4.51. The first kappa shape index (κ1) is 20.7. The summed E-state index contributed by atoms with van der Waals surface area (Å²) in [7, 11) is -3.56. The van der Waals surface area contributed by atoms with Crippen molar-refractivity contribution in [3.05, 3.63) is 48.5 Å². The molecule has 0 aliphatic carbocycles. The zero-order valence-corrected chi connectivity index (χ0v) is 17.7. The van der Waals surface area contributed by atoms with E-state index in [1.165, 1.54) is 15.3 Å². The van der Waals surface area contributed by atoms with Gasteiger partial charge in [0.05, 0.1) is 17.1 Å². The minimum Gasteiger partial charge on any atom is -0.360 e. The van der Waals surface area contributed by atoms with Crippen LogP contribution in [-0.2, 0) is 14.8 Å². The number of carbonyl (C=O) groups is 1. The van der Waals surface area contributed by atoms with Gasteiger partial charge in [-0.1, -0.05) is 32.0 Å². The summed E-state index contributed by atoms with van der Waals surface area (Å²) in [6.45, 7) is 5.45. The van der Waals surface area contributed by atoms with Crippen molar-refractivity contribution in [1.82, 2.24) is 4.31 Å². The van der Waals surface area contributed by atoms with Crippen LogP contribution in [0.2, 0.25) is 0 Å². The third-order valence-corrected chi connectivity index (χ3v) is 7.71. The minimum absolute atomic E-state index is 0.168. The van der Waals surface area contributed by atoms with E-state index < -0.39 is 10.0 Å². The number of rotatable bonds is 7. The van der Waals surface area contributed by atoms with Crippen molar-refractivity contribution in [1.29, 1.82) is 0 Å². The van der Waals surface area contributed by atoms with Gasteiger partial charge >= 0.3 is 0 Å². The molecule has 1 aliphatic rings. The number of hydrogen-bond acceptors (Lipinski definition) is 5. The Morgan fingerprint density at radius 2 is 1.89 bits per heavy atom. The molecule has 2 aromatic carbocycles. The lowest BCUT2D eigenvalue weighted by atomic mass is 10.2. The zero-order chi connectivity index (χ0) is 20.1. The monoisotopic (exact) mass is 419 g/mol. The summed E-state index contributed by atoms with van der Waals surface area (Å²) in [4.78, 5) is 16.0. The summed E-state index contributed by atoms with van der Waals surface area (Å²) in [5.41, 5.74) is 1.55. The molecule has 6 nitrogen and oxygen atoms in total. The van der Waals surface area contributed by atoms with E-state index in [2.05, 4.69) is 16.3 Å². The summed E-state index contributed by atoms with van der Waals surface area (Å²) in [6.07, 6.45) is 0. The van der Waals surface area contributed by atoms with Crippen molar-refractivity contribution in [3.63, 3.8) is 0 Å². The lowest BCUT2D eigenvalue weighted by Crippen LogP contribution is -2.36. The molecule has 0 radical (unpaired) electrons. The average Bonchev–Trinajstić information content (AvgIpc) is 2.69. The highest BCUT2D eigenvalue weighted by Crippen LogP contribution is 2.34. The van der Waals surface area contributed by atoms with E-state index in [1.807, 2.05) is 18.2 Å². The predicted molar refractivity (Wildman–Crippen MR) is 115 cm³/mol. The van der Waals surface area contributed by atoms with Crippen molar-refractivity contribution >= 4 is 39.1 Å². The van der Waals surface area contributed by atoms with Gasteiger partial charge in [-0.15, -0.1) is 11.8 Å². The Hall–Kier alpha value is -2.03. The van der Waals surface area contributed by atoms with Crippen LogP contribution in [0, 0.1) is 0 Å². The molecule has 1 N–H and O–H groups in total. The maximum absolute atomic E-state index is 12.7. The third-order valence-electron chi connectivity index (χ3n) is 4.62. The van der Waals surface area contributed by atoms with E-state index in [0.29, 0.717) is 18.8 Å². The van der Waals surface area contributed by atoms with Gasteiger partial charge in [-0.3, -0.25) is 4.79 Å². The summed E-state index contributed by atoms with van der Waals surface area (Å²) in [5, 5.41) is 2.84. The fraction of sp³-hybridized carbons (Fsp3) is 0.350. The minimum atomic E-state index is -3.56. The summed E-state index contributed by atoms with van der Waals surface area (Å²) in [6, 6.07) is 14.5. The van der Waals surface area contributed by atoms with Crippen molar-refractivity contribution in [3.8, 4) is 0 Å². The van der Waals surface area contributed by atoms with Crippen LogP contribution in [0.3, 0.4) is 0 Å². The van der Waals surface area contributed by atoms with Crippen LogP contribution >= 0.6 is 11.8 Å². The number of hydrogen-bond donors (Lipinski definition) is 1. The second-order valence-electron chi connectivity index (χ2n) is 6.40. The highest BCUT2D eigenvalue weighted by Gasteiger charge is 2.22. The van der Waals surface area contributed by atoms with Gasteiger partial charge in [0.2, 0.25) is 15.9 Å². The molecule has 0 aromatic heterocycles. The molecule has 3 rings (SSSR count). The molecular weight excluding hydrogens is 394 g/mol. The summed E-state index contributed by atoms with van der Waals surface area (Å²) in [5.74, 6) is 0.765. The molecule has 0 saturated heterocycles. The Balaban J connectivity index is 1.72. The number of sulfonamides is 1. The summed E-state index contributed by atoms with van der Waals surface area (Å²) >= 11 is 1.79. The Labute approximate surface area is 171 Å². The number of amides is 1. The maximum atomic E-state index is 12.7. The molecular formula is C20H25N3O3S2. The van der Waals surface area contributed by atoms with Crippen LogP contribution in [0.25, 0.3) is 0 Å². The van der Waals surface area contributed by atoms with Crippen LogP contribution in [0.15, 0.2) is 58.3 Å². The van der Waals surface area contributed by atoms with Gasteiger partial charge < -0.3 is 10.2 Å². The smallest absolute Gasteiger partial charge is 0.243 e. The fourth-order valence-corrected chi connectivity index (χ4v) is 5.77. The van der Waals surface area contributed by atoms with E-state index >= 15 is 0 Å². The van der Waals surface area contributed by atoms with Gasteiger partial charge in [-0.25, -0.2) is 8.42 Å². The first-order chi connectivity index (χ1) is 13.5. The molecule has 0 saturated carbocycles. The van der Waals surface area contributed by atoms with Gasteiger partial charge in [0.1, 0.15) is 0 Å². The Morgan fingerprint density at radius 3 is 2.64 bits per heavy atom. The molecule has 0 fully saturated rings. The fourth-order valence-electron chi connectivity index (χ4n) is 3.21. The number of anilines is 2. The summed E-state index contributed by atoms with van der Waals surface area (Å²) < 4.78 is 26.8. The zero-order valence-electron chi connectivity index (χ0n) is 16.1. The average molecular weight is 420 g/mol. The number of nitrogens with one attached hydrogen (secondary N) is 1. The van der Waals surface area contributed by atoms with Gasteiger partial charge in [0, 0.05) is 36.0 Å².